The van der Waals surface area contributed by atoms with E-state index < -0.39 is 10.0 Å². The van der Waals surface area contributed by atoms with Gasteiger partial charge in [-0.3, -0.25) is 0 Å². The molecule has 0 N–H and O–H groups in total. The van der Waals surface area contributed by atoms with Gasteiger partial charge in [-0.05, 0) is 49.3 Å². The van der Waals surface area contributed by atoms with E-state index in [1.165, 1.54) is 44.9 Å². The molecule has 2 aliphatic heterocycles. The van der Waals surface area contributed by atoms with Gasteiger partial charge in [0.25, 0.3) is 0 Å². The molecule has 2 saturated heterocycles. The number of nitrogens with zero attached hydrogens (tertiary/aromatic N) is 3. The minimum Gasteiger partial charge on any atom is -0.380 e. The van der Waals surface area contributed by atoms with Crippen LogP contribution in [0.2, 0.25) is 0 Å². The summed E-state index contributed by atoms with van der Waals surface area (Å²) in [4.78, 5) is 7.60. The van der Waals surface area contributed by atoms with E-state index >= 15 is 0 Å². The van der Waals surface area contributed by atoms with Crippen molar-refractivity contribution in [3.63, 3.8) is 0 Å². The van der Waals surface area contributed by atoms with Crippen molar-refractivity contribution in [2.75, 3.05) is 38.2 Å². The first-order chi connectivity index (χ1) is 15.0. The molecule has 0 unspecified atom stereocenters. The third kappa shape index (κ3) is 4.36. The normalized spacial score (nSPS) is 24.9. The topological polar surface area (TPSA) is 62.7 Å². The summed E-state index contributed by atoms with van der Waals surface area (Å²) in [5.41, 5.74) is 0.893. The van der Waals surface area contributed by atoms with Crippen molar-refractivity contribution in [3.8, 4) is 0 Å². The van der Waals surface area contributed by atoms with Gasteiger partial charge in [0.2, 0.25) is 10.0 Å². The fraction of sp³-hybridized carbons (Fsp3) is 0.696. The molecule has 0 spiro atoms. The van der Waals surface area contributed by atoms with Gasteiger partial charge in [-0.25, -0.2) is 13.4 Å². The fourth-order valence-corrected chi connectivity index (χ4v) is 8.26. The number of hydrogen-bond donors (Lipinski definition) is 0. The smallest absolute Gasteiger partial charge is 0.243 e. The third-order valence-electron chi connectivity index (χ3n) is 7.55. The van der Waals surface area contributed by atoms with Gasteiger partial charge in [-0.1, -0.05) is 43.4 Å². The Balaban J connectivity index is 1.29. The van der Waals surface area contributed by atoms with Crippen molar-refractivity contribution in [2.45, 2.75) is 62.4 Å². The van der Waals surface area contributed by atoms with Gasteiger partial charge in [-0.2, -0.15) is 4.31 Å². The maximum atomic E-state index is 13.1. The second-order valence-corrected chi connectivity index (χ2v) is 12.3. The van der Waals surface area contributed by atoms with Gasteiger partial charge in [0.05, 0.1) is 21.2 Å². The van der Waals surface area contributed by atoms with Crippen LogP contribution in [0, 0.1) is 11.8 Å². The summed E-state index contributed by atoms with van der Waals surface area (Å²) in [5, 5.41) is 1.03. The van der Waals surface area contributed by atoms with Gasteiger partial charge in [0.15, 0.2) is 5.13 Å². The van der Waals surface area contributed by atoms with Crippen LogP contribution < -0.4 is 4.90 Å². The second-order valence-electron chi connectivity index (χ2n) is 9.36. The quantitative estimate of drug-likeness (QED) is 0.653. The maximum Gasteiger partial charge on any atom is 0.243 e. The van der Waals surface area contributed by atoms with E-state index in [9.17, 15) is 8.42 Å². The Morgan fingerprint density at radius 2 is 1.74 bits per heavy atom. The van der Waals surface area contributed by atoms with Crippen LogP contribution in [-0.2, 0) is 14.8 Å². The maximum absolute atomic E-state index is 13.1. The molecular weight excluding hydrogens is 430 g/mol. The number of methoxy groups -OCH3 is 1. The van der Waals surface area contributed by atoms with E-state index in [0.717, 1.165) is 46.7 Å². The molecule has 1 atom stereocenters. The van der Waals surface area contributed by atoms with E-state index in [1.807, 2.05) is 6.07 Å². The van der Waals surface area contributed by atoms with Gasteiger partial charge >= 0.3 is 0 Å². The number of thiazole rings is 1. The second kappa shape index (κ2) is 8.96. The monoisotopic (exact) mass is 463 g/mol. The number of piperidine rings is 1. The summed E-state index contributed by atoms with van der Waals surface area (Å²) in [6.07, 6.45) is 10.4. The van der Waals surface area contributed by atoms with Gasteiger partial charge in [0.1, 0.15) is 0 Å². The zero-order chi connectivity index (χ0) is 21.4. The zero-order valence-electron chi connectivity index (χ0n) is 18.3. The first-order valence-corrected chi connectivity index (χ1v) is 14.0. The zero-order valence-corrected chi connectivity index (χ0v) is 20.0. The minimum atomic E-state index is -3.49. The summed E-state index contributed by atoms with van der Waals surface area (Å²) < 4.78 is 34.0. The molecule has 2 aromatic rings. The lowest BCUT2D eigenvalue weighted by Gasteiger charge is -2.37. The number of ether oxygens (including phenoxy) is 1. The van der Waals surface area contributed by atoms with E-state index in [-0.39, 0.29) is 6.10 Å². The average Bonchev–Trinajstić information content (AvgIpc) is 3.47. The number of fused-ring (bicyclic) bond motifs is 1. The standard InChI is InChI=1S/C23H33N3O3S2/c1-29-19-11-14-26(16-19)31(27,28)20-7-8-21-22(15-20)30-23(24-21)25-12-9-18(10-13-25)17-5-3-2-4-6-17/h7-8,15,17-19H,2-6,9-14,16H2,1H3/t19-/m0/s1. The van der Waals surface area contributed by atoms with Crippen molar-refractivity contribution in [1.29, 1.82) is 0 Å². The molecule has 1 aromatic heterocycles. The summed E-state index contributed by atoms with van der Waals surface area (Å²) >= 11 is 1.63. The predicted molar refractivity (Wildman–Crippen MR) is 125 cm³/mol. The highest BCUT2D eigenvalue weighted by molar-refractivity contribution is 7.89. The first kappa shape index (κ1) is 21.6. The largest absolute Gasteiger partial charge is 0.380 e. The molecule has 1 aliphatic carbocycles. The molecule has 1 aromatic carbocycles. The molecule has 8 heteroatoms. The van der Waals surface area contributed by atoms with E-state index in [0.29, 0.717) is 18.0 Å². The Kier molecular flexibility index (Phi) is 6.25. The van der Waals surface area contributed by atoms with Crippen LogP contribution in [0.4, 0.5) is 5.13 Å². The van der Waals surface area contributed by atoms with Crippen LogP contribution in [-0.4, -0.2) is 57.1 Å². The number of hydrogen-bond acceptors (Lipinski definition) is 6. The fourth-order valence-electron chi connectivity index (χ4n) is 5.61. The Labute approximate surface area is 189 Å². The molecule has 0 amide bonds. The van der Waals surface area contributed by atoms with Gasteiger partial charge in [-0.15, -0.1) is 0 Å². The number of anilines is 1. The summed E-state index contributed by atoms with van der Waals surface area (Å²) in [5.74, 6) is 1.81. The number of benzene rings is 1. The highest BCUT2D eigenvalue weighted by Crippen LogP contribution is 2.38. The predicted octanol–water partition coefficient (Wildman–Crippen LogP) is 4.50. The number of sulfonamides is 1. The van der Waals surface area contributed by atoms with Crippen molar-refractivity contribution in [2.24, 2.45) is 11.8 Å². The minimum absolute atomic E-state index is 0.00921. The Hall–Kier alpha value is -1.22. The van der Waals surface area contributed by atoms with E-state index in [1.54, 1.807) is 34.9 Å². The molecule has 6 nitrogen and oxygen atoms in total. The van der Waals surface area contributed by atoms with Crippen LogP contribution in [0.1, 0.15) is 51.4 Å². The highest BCUT2D eigenvalue weighted by Gasteiger charge is 2.33. The lowest BCUT2D eigenvalue weighted by Crippen LogP contribution is -2.36. The molecular formula is C23H33N3O3S2. The number of aromatic nitrogens is 1. The Morgan fingerprint density at radius 1 is 1.00 bits per heavy atom. The molecule has 31 heavy (non-hydrogen) atoms. The molecule has 0 radical (unpaired) electrons. The van der Waals surface area contributed by atoms with Crippen LogP contribution in [0.3, 0.4) is 0 Å². The van der Waals surface area contributed by atoms with E-state index in [2.05, 4.69) is 4.90 Å². The Bertz CT molecular complexity index is 1010. The molecule has 5 rings (SSSR count). The molecule has 3 aliphatic rings. The van der Waals surface area contributed by atoms with Crippen molar-refractivity contribution >= 4 is 36.7 Å². The van der Waals surface area contributed by atoms with Crippen molar-refractivity contribution < 1.29 is 13.2 Å². The first-order valence-electron chi connectivity index (χ1n) is 11.7. The van der Waals surface area contributed by atoms with Crippen LogP contribution in [0.15, 0.2) is 23.1 Å². The third-order valence-corrected chi connectivity index (χ3v) is 10.5. The molecule has 3 fully saturated rings. The SMILES string of the molecule is CO[C@H]1CCN(S(=O)(=O)c2ccc3nc(N4CCC(C5CCCCC5)CC4)sc3c2)C1. The van der Waals surface area contributed by atoms with E-state index in [4.69, 9.17) is 9.72 Å². The lowest BCUT2D eigenvalue weighted by atomic mass is 9.76. The summed E-state index contributed by atoms with van der Waals surface area (Å²) in [6.45, 7) is 3.08. The van der Waals surface area contributed by atoms with Crippen molar-refractivity contribution in [3.05, 3.63) is 18.2 Å². The van der Waals surface area contributed by atoms with Crippen LogP contribution >= 0.6 is 11.3 Å². The van der Waals surface area contributed by atoms with Gasteiger partial charge in [0, 0.05) is 33.3 Å². The molecule has 3 heterocycles. The van der Waals surface area contributed by atoms with Gasteiger partial charge < -0.3 is 9.64 Å². The highest BCUT2D eigenvalue weighted by atomic mass is 32.2. The molecule has 1 saturated carbocycles. The van der Waals surface area contributed by atoms with Crippen molar-refractivity contribution in [1.82, 2.24) is 9.29 Å². The molecule has 0 bridgehead atoms. The summed E-state index contributed by atoms with van der Waals surface area (Å²) in [6, 6.07) is 5.37. The summed E-state index contributed by atoms with van der Waals surface area (Å²) in [7, 11) is -1.85. The average molecular weight is 464 g/mol. The molecule has 170 valence electrons. The van der Waals surface area contributed by atoms with Crippen LogP contribution in [0.5, 0.6) is 0 Å². The lowest BCUT2D eigenvalue weighted by molar-refractivity contribution is 0.115. The Morgan fingerprint density at radius 3 is 2.45 bits per heavy atom. The number of rotatable bonds is 5. The van der Waals surface area contributed by atoms with Crippen LogP contribution in [0.25, 0.3) is 10.2 Å².